The molecular weight excluding hydrogens is 1070 g/mol. The molecule has 2 atom stereocenters. The summed E-state index contributed by atoms with van der Waals surface area (Å²) in [5, 5.41) is 12.6. The van der Waals surface area contributed by atoms with Crippen molar-refractivity contribution in [2.45, 2.75) is 58.6 Å². The molecule has 0 saturated carbocycles. The third-order valence-electron chi connectivity index (χ3n) is 9.75. The number of H-pyrrole nitrogens is 2. The molecule has 394 valence electrons. The van der Waals surface area contributed by atoms with Gasteiger partial charge in [0.1, 0.15) is 23.0 Å². The zero-order valence-electron chi connectivity index (χ0n) is 40.3. The number of nitrogens with one attached hydrogen (secondary N) is 2. The number of ether oxygens (including phenoxy) is 2. The first kappa shape index (κ1) is 62.9. The van der Waals surface area contributed by atoms with E-state index in [1.54, 1.807) is 50.2 Å². The van der Waals surface area contributed by atoms with Crippen molar-refractivity contribution in [3.05, 3.63) is 140 Å². The van der Waals surface area contributed by atoms with Gasteiger partial charge in [0.15, 0.2) is 11.6 Å². The molecule has 12 nitrogen and oxygen atoms in total. The van der Waals surface area contributed by atoms with Gasteiger partial charge in [0.25, 0.3) is 0 Å². The molecule has 2 aromatic heterocycles. The molecule has 79 heavy (non-hydrogen) atoms. The Morgan fingerprint density at radius 3 is 1.06 bits per heavy atom. The number of hydrogen-bond acceptors (Lipinski definition) is 8. The van der Waals surface area contributed by atoms with Crippen LogP contribution in [0.5, 0.6) is 23.0 Å². The summed E-state index contributed by atoms with van der Waals surface area (Å²) in [5.41, 5.74) is 12.4. The number of alkyl halides is 6. The van der Waals surface area contributed by atoms with E-state index in [1.807, 2.05) is 0 Å². The summed E-state index contributed by atoms with van der Waals surface area (Å²) < 4.78 is 90.8. The largest absolute Gasteiger partial charge is 0.457 e. The molecule has 4 heterocycles. The number of rotatable bonds is 4. The average molecular weight is 1110 g/mol. The second kappa shape index (κ2) is 30.2. The highest BCUT2D eigenvalue weighted by molar-refractivity contribution is 5.85. The molecule has 0 aliphatic carbocycles. The van der Waals surface area contributed by atoms with Crippen LogP contribution < -0.4 is 32.3 Å². The van der Waals surface area contributed by atoms with Crippen molar-refractivity contribution in [3.8, 4) is 165 Å². The number of aromatic amines is 2. The number of fused-ring (bicyclic) bond motifs is 6. The molecule has 0 fully saturated rings. The Morgan fingerprint density at radius 1 is 0.481 bits per heavy atom. The lowest BCUT2D eigenvalue weighted by Crippen LogP contribution is -2.28. The van der Waals surface area contributed by atoms with Gasteiger partial charge in [-0.15, -0.1) is 24.8 Å². The van der Waals surface area contributed by atoms with Gasteiger partial charge in [0.05, 0.1) is 34.6 Å². The first-order chi connectivity index (χ1) is 36.6. The molecule has 6 aromatic rings. The standard InChI is InChI=1S/C24H6.2C17H13F3N4O2.CH4.2ClH/c1-3-5-7-9-11-13-15-17-19-21-23-24-22-20-18-16-14-12-10-8-6-4-2;2*18-17(19,20)10-2-1-3-11(8-10)26-12-4-5-14-9(6-12)7-13(21)15-22-23-16(25)24(14)15;;;/h1-2H3;2*1-6,8,13H,7,21H2,(H,23,25);1H4;2*1H. The van der Waals surface area contributed by atoms with Crippen molar-refractivity contribution >= 4 is 24.8 Å². The number of benzene rings is 4. The quantitative estimate of drug-likeness (QED) is 0.101. The van der Waals surface area contributed by atoms with Gasteiger partial charge in [-0.2, -0.15) is 36.5 Å². The zero-order chi connectivity index (χ0) is 54.5. The Morgan fingerprint density at radius 2 is 0.772 bits per heavy atom. The summed E-state index contributed by atoms with van der Waals surface area (Å²) in [6.07, 6.45) is -8.03. The summed E-state index contributed by atoms with van der Waals surface area (Å²) in [6.45, 7) is 3.40. The minimum absolute atomic E-state index is 0. The van der Waals surface area contributed by atoms with E-state index in [2.05, 4.69) is 151 Å². The van der Waals surface area contributed by atoms with Gasteiger partial charge in [0, 0.05) is 23.7 Å². The highest BCUT2D eigenvalue weighted by Gasteiger charge is 2.32. The minimum atomic E-state index is -4.44. The SMILES string of the molecule is C.CC#CC#CC#CC#CC#CC#CC#CC#CC#CC#CC#CC.Cl.Cl.NC1Cc2cc(Oc3cccc(C(F)(F)F)c3)ccc2-n2c1n[nH]c2=O.NC1Cc2cc(Oc3cccc(C(F)(F)F)c3)ccc2-n2c1n[nH]c2=O. The summed E-state index contributed by atoms with van der Waals surface area (Å²) in [4.78, 5) is 23.9. The van der Waals surface area contributed by atoms with Gasteiger partial charge in [-0.05, 0) is 205 Å². The molecule has 2 unspecified atom stereocenters. The van der Waals surface area contributed by atoms with E-state index < -0.39 is 46.9 Å². The van der Waals surface area contributed by atoms with Gasteiger partial charge in [-0.1, -0.05) is 31.4 Å². The van der Waals surface area contributed by atoms with Crippen LogP contribution in [0.1, 0.15) is 67.3 Å². The molecule has 4 aromatic carbocycles. The maximum atomic E-state index is 12.8. The minimum Gasteiger partial charge on any atom is -0.457 e. The van der Waals surface area contributed by atoms with Crippen molar-refractivity contribution in [1.29, 1.82) is 0 Å². The Bertz CT molecular complexity index is 3840. The van der Waals surface area contributed by atoms with E-state index in [-0.39, 0.29) is 43.7 Å². The molecule has 0 saturated heterocycles. The van der Waals surface area contributed by atoms with Crippen LogP contribution in [0.2, 0.25) is 0 Å². The lowest BCUT2D eigenvalue weighted by atomic mass is 9.99. The van der Waals surface area contributed by atoms with Crippen LogP contribution in [-0.4, -0.2) is 29.5 Å². The molecule has 8 rings (SSSR count). The first-order valence-corrected chi connectivity index (χ1v) is 21.7. The van der Waals surface area contributed by atoms with E-state index in [0.717, 1.165) is 35.4 Å². The Hall–Kier alpha value is -10.4. The Balaban J connectivity index is 0.000000306. The van der Waals surface area contributed by atoms with Crippen LogP contribution in [0.3, 0.4) is 0 Å². The smallest absolute Gasteiger partial charge is 0.416 e. The van der Waals surface area contributed by atoms with Crippen molar-refractivity contribution in [2.24, 2.45) is 11.5 Å². The molecule has 20 heteroatoms. The number of halogens is 8. The van der Waals surface area contributed by atoms with E-state index in [4.69, 9.17) is 20.9 Å². The summed E-state index contributed by atoms with van der Waals surface area (Å²) in [5.74, 6) is 57.3. The predicted octanol–water partition coefficient (Wildman–Crippen LogP) is 8.40. The van der Waals surface area contributed by atoms with Gasteiger partial charge < -0.3 is 20.9 Å². The summed E-state index contributed by atoms with van der Waals surface area (Å²) in [6, 6.07) is 18.1. The predicted molar refractivity (Wildman–Crippen MR) is 291 cm³/mol. The second-order valence-corrected chi connectivity index (χ2v) is 14.9. The molecule has 2 aliphatic rings. The van der Waals surface area contributed by atoms with Crippen molar-refractivity contribution in [1.82, 2.24) is 29.5 Å². The zero-order valence-corrected chi connectivity index (χ0v) is 41.9. The topological polar surface area (TPSA) is 172 Å². The van der Waals surface area contributed by atoms with E-state index >= 15 is 0 Å². The summed E-state index contributed by atoms with van der Waals surface area (Å²) in [7, 11) is 0. The van der Waals surface area contributed by atoms with Gasteiger partial charge in [-0.25, -0.2) is 28.9 Å². The average Bonchev–Trinajstić information content (AvgIpc) is 4.00. The van der Waals surface area contributed by atoms with Crippen molar-refractivity contribution < 1.29 is 35.8 Å². The highest BCUT2D eigenvalue weighted by Crippen LogP contribution is 2.37. The van der Waals surface area contributed by atoms with Crippen molar-refractivity contribution in [2.75, 3.05) is 0 Å². The third-order valence-corrected chi connectivity index (χ3v) is 9.75. The van der Waals surface area contributed by atoms with Crippen LogP contribution in [-0.2, 0) is 25.2 Å². The monoisotopic (exact) mass is 1110 g/mol. The maximum Gasteiger partial charge on any atom is 0.416 e. The molecular formula is C59H38Cl2F6N8O4. The molecule has 0 bridgehead atoms. The number of aromatic nitrogens is 6. The fourth-order valence-corrected chi connectivity index (χ4v) is 6.68. The van der Waals surface area contributed by atoms with Crippen LogP contribution in [0.4, 0.5) is 26.3 Å². The molecule has 2 aliphatic heterocycles. The highest BCUT2D eigenvalue weighted by atomic mass is 35.5. The van der Waals surface area contributed by atoms with Crippen LogP contribution in [0, 0.1) is 130 Å². The van der Waals surface area contributed by atoms with Gasteiger partial charge >= 0.3 is 23.7 Å². The number of nitrogens with zero attached hydrogens (tertiary/aromatic N) is 4. The Kier molecular flexibility index (Phi) is 24.1. The van der Waals surface area contributed by atoms with Crippen LogP contribution in [0.15, 0.2) is 94.5 Å². The fraction of sp³-hybridized carbons (Fsp3) is 0.153. The third kappa shape index (κ3) is 18.2. The fourth-order valence-electron chi connectivity index (χ4n) is 6.68. The van der Waals surface area contributed by atoms with E-state index in [0.29, 0.717) is 47.4 Å². The number of hydrogen-bond donors (Lipinski definition) is 4. The number of nitrogens with two attached hydrogens (primary N) is 2. The molecule has 0 spiro atoms. The maximum absolute atomic E-state index is 12.8. The molecule has 6 N–H and O–H groups in total. The van der Waals surface area contributed by atoms with E-state index in [9.17, 15) is 35.9 Å². The molecule has 0 amide bonds. The normalized spacial score (nSPS) is 11.8. The Labute approximate surface area is 462 Å². The van der Waals surface area contributed by atoms with Gasteiger partial charge in [0.2, 0.25) is 0 Å². The van der Waals surface area contributed by atoms with E-state index in [1.165, 1.54) is 33.4 Å². The molecule has 0 radical (unpaired) electrons. The lowest BCUT2D eigenvalue weighted by molar-refractivity contribution is -0.138. The lowest BCUT2D eigenvalue weighted by Gasteiger charge is -2.22. The second-order valence-electron chi connectivity index (χ2n) is 14.9. The first-order valence-electron chi connectivity index (χ1n) is 21.7. The summed E-state index contributed by atoms with van der Waals surface area (Å²) >= 11 is 0. The van der Waals surface area contributed by atoms with Gasteiger partial charge in [-0.3, -0.25) is 0 Å². The van der Waals surface area contributed by atoms with Crippen molar-refractivity contribution in [3.63, 3.8) is 0 Å². The van der Waals surface area contributed by atoms with Crippen LogP contribution >= 0.6 is 24.8 Å². The van der Waals surface area contributed by atoms with Crippen LogP contribution in [0.25, 0.3) is 11.4 Å².